The van der Waals surface area contributed by atoms with Gasteiger partial charge in [-0.3, -0.25) is 9.79 Å². The summed E-state index contributed by atoms with van der Waals surface area (Å²) in [4.78, 5) is 17.6. The second-order valence-corrected chi connectivity index (χ2v) is 3.21. The molecule has 0 radical (unpaired) electrons. The third kappa shape index (κ3) is 1.06. The highest BCUT2D eigenvalue weighted by Crippen LogP contribution is 2.19. The van der Waals surface area contributed by atoms with E-state index in [1.54, 1.807) is 6.07 Å². The van der Waals surface area contributed by atoms with Crippen LogP contribution in [-0.2, 0) is 6.54 Å². The molecule has 0 aliphatic carbocycles. The number of halogens is 2. The Morgan fingerprint density at radius 3 is 3.00 bits per heavy atom. The molecule has 1 aliphatic heterocycles. The number of pyridine rings is 1. The average Bonchev–Trinajstić information content (AvgIpc) is 2.33. The molecule has 0 saturated heterocycles. The van der Waals surface area contributed by atoms with Crippen LogP contribution in [0.3, 0.4) is 0 Å². The largest absolute Gasteiger partial charge is 0.313 e. The van der Waals surface area contributed by atoms with Crippen LogP contribution in [0.4, 0.5) is 0 Å². The molecular formula is C7H4Cl2N2O. The van der Waals surface area contributed by atoms with E-state index in [1.807, 2.05) is 0 Å². The Hall–Kier alpha value is -0.800. The van der Waals surface area contributed by atoms with Crippen LogP contribution in [0.25, 0.3) is 0 Å². The van der Waals surface area contributed by atoms with Gasteiger partial charge < -0.3 is 4.98 Å². The van der Waals surface area contributed by atoms with Crippen LogP contribution in [0.5, 0.6) is 0 Å². The first-order valence-electron chi connectivity index (χ1n) is 3.30. The summed E-state index contributed by atoms with van der Waals surface area (Å²) < 4.78 is 0. The highest BCUT2D eigenvalue weighted by molar-refractivity contribution is 6.70. The molecule has 0 amide bonds. The molecule has 2 rings (SSSR count). The van der Waals surface area contributed by atoms with Crippen molar-refractivity contribution in [2.45, 2.75) is 6.54 Å². The summed E-state index contributed by atoms with van der Waals surface area (Å²) in [5.74, 6) is 0. The number of fused-ring (bicyclic) bond motifs is 1. The van der Waals surface area contributed by atoms with E-state index in [2.05, 4.69) is 9.98 Å². The van der Waals surface area contributed by atoms with Gasteiger partial charge in [0.1, 0.15) is 10.3 Å². The van der Waals surface area contributed by atoms with Crippen molar-refractivity contribution in [3.05, 3.63) is 32.7 Å². The van der Waals surface area contributed by atoms with E-state index in [0.717, 1.165) is 0 Å². The average molecular weight is 203 g/mol. The normalized spacial score (nSPS) is 14.3. The molecule has 0 fully saturated rings. The van der Waals surface area contributed by atoms with E-state index in [9.17, 15) is 4.79 Å². The van der Waals surface area contributed by atoms with Crippen molar-refractivity contribution < 1.29 is 0 Å². The van der Waals surface area contributed by atoms with Crippen LogP contribution in [0.2, 0.25) is 5.15 Å². The van der Waals surface area contributed by atoms with Crippen molar-refractivity contribution in [1.82, 2.24) is 4.98 Å². The van der Waals surface area contributed by atoms with Crippen molar-refractivity contribution in [2.24, 2.45) is 4.99 Å². The molecule has 2 heterocycles. The molecule has 62 valence electrons. The van der Waals surface area contributed by atoms with Gasteiger partial charge in [0, 0.05) is 11.1 Å². The lowest BCUT2D eigenvalue weighted by Crippen LogP contribution is -2.12. The number of nitrogens with one attached hydrogen (secondary N) is 1. The van der Waals surface area contributed by atoms with Gasteiger partial charge in [-0.05, 0) is 6.07 Å². The van der Waals surface area contributed by atoms with Crippen LogP contribution < -0.4 is 5.56 Å². The second-order valence-electron chi connectivity index (χ2n) is 2.45. The molecule has 0 saturated carbocycles. The lowest BCUT2D eigenvalue weighted by Gasteiger charge is -1.96. The van der Waals surface area contributed by atoms with E-state index in [-0.39, 0.29) is 10.7 Å². The summed E-state index contributed by atoms with van der Waals surface area (Å²) in [5, 5.41) is 0.645. The van der Waals surface area contributed by atoms with Gasteiger partial charge in [0.25, 0.3) is 5.56 Å². The molecule has 3 nitrogen and oxygen atoms in total. The van der Waals surface area contributed by atoms with Crippen molar-refractivity contribution in [1.29, 1.82) is 0 Å². The summed E-state index contributed by atoms with van der Waals surface area (Å²) in [6, 6.07) is 1.61. The minimum absolute atomic E-state index is 0.211. The number of hydrogen-bond donors (Lipinski definition) is 1. The Bertz CT molecular complexity index is 422. The van der Waals surface area contributed by atoms with Gasteiger partial charge in [0.15, 0.2) is 0 Å². The fraction of sp³-hybridized carbons (Fsp3) is 0.143. The van der Waals surface area contributed by atoms with Crippen molar-refractivity contribution >= 4 is 28.4 Å². The Morgan fingerprint density at radius 2 is 2.25 bits per heavy atom. The Labute approximate surface area is 78.0 Å². The molecule has 12 heavy (non-hydrogen) atoms. The zero-order chi connectivity index (χ0) is 8.72. The summed E-state index contributed by atoms with van der Waals surface area (Å²) in [5.41, 5.74) is 1.02. The second kappa shape index (κ2) is 2.61. The molecule has 1 aromatic heterocycles. The van der Waals surface area contributed by atoms with Crippen molar-refractivity contribution in [3.8, 4) is 0 Å². The summed E-state index contributed by atoms with van der Waals surface area (Å²) in [7, 11) is 0. The van der Waals surface area contributed by atoms with E-state index in [0.29, 0.717) is 22.8 Å². The van der Waals surface area contributed by atoms with Gasteiger partial charge in [-0.2, -0.15) is 0 Å². The predicted octanol–water partition coefficient (Wildman–Crippen LogP) is 1.53. The number of H-pyrrole nitrogens is 1. The monoisotopic (exact) mass is 202 g/mol. The first kappa shape index (κ1) is 7.83. The van der Waals surface area contributed by atoms with Crippen LogP contribution in [0.1, 0.15) is 11.1 Å². The van der Waals surface area contributed by atoms with E-state index < -0.39 is 0 Å². The van der Waals surface area contributed by atoms with E-state index in [4.69, 9.17) is 23.2 Å². The summed E-state index contributed by atoms with van der Waals surface area (Å²) in [6.07, 6.45) is 0. The smallest absolute Gasteiger partial charge is 0.254 e. The highest BCUT2D eigenvalue weighted by atomic mass is 35.5. The molecule has 0 bridgehead atoms. The SMILES string of the molecule is O=c1[nH]c(Cl)cc2c1CN=C2Cl. The van der Waals surface area contributed by atoms with Crippen LogP contribution in [0, 0.1) is 0 Å². The number of aromatic amines is 1. The fourth-order valence-corrected chi connectivity index (χ4v) is 1.55. The van der Waals surface area contributed by atoms with Gasteiger partial charge in [-0.15, -0.1) is 0 Å². The molecule has 0 unspecified atom stereocenters. The minimum atomic E-state index is -0.211. The molecule has 1 aromatic rings. The van der Waals surface area contributed by atoms with Gasteiger partial charge in [-0.1, -0.05) is 23.2 Å². The Kier molecular flexibility index (Phi) is 1.70. The molecular weight excluding hydrogens is 199 g/mol. The third-order valence-corrected chi connectivity index (χ3v) is 2.23. The molecule has 5 heteroatoms. The number of nitrogens with zero attached hydrogens (tertiary/aromatic N) is 1. The highest BCUT2D eigenvalue weighted by Gasteiger charge is 2.17. The fourth-order valence-electron chi connectivity index (χ4n) is 1.13. The van der Waals surface area contributed by atoms with Gasteiger partial charge in [0.05, 0.1) is 6.54 Å². The molecule has 1 aliphatic rings. The van der Waals surface area contributed by atoms with Crippen molar-refractivity contribution in [2.75, 3.05) is 0 Å². The number of hydrogen-bond acceptors (Lipinski definition) is 2. The predicted molar refractivity (Wildman–Crippen MR) is 48.2 cm³/mol. The standard InChI is InChI=1S/C7H4Cl2N2O/c8-5-1-3-4(7(12)11-5)2-10-6(3)9/h1H,2H2,(H,11,12). The lowest BCUT2D eigenvalue weighted by atomic mass is 10.2. The minimum Gasteiger partial charge on any atom is -0.313 e. The van der Waals surface area contributed by atoms with E-state index in [1.165, 1.54) is 0 Å². The topological polar surface area (TPSA) is 45.2 Å². The first-order valence-corrected chi connectivity index (χ1v) is 4.06. The van der Waals surface area contributed by atoms with Crippen molar-refractivity contribution in [3.63, 3.8) is 0 Å². The first-order chi connectivity index (χ1) is 5.68. The maximum absolute atomic E-state index is 11.2. The Balaban J connectivity index is 2.75. The molecule has 0 spiro atoms. The molecule has 0 atom stereocenters. The maximum Gasteiger partial charge on any atom is 0.254 e. The number of aromatic nitrogens is 1. The van der Waals surface area contributed by atoms with Gasteiger partial charge in [0.2, 0.25) is 0 Å². The molecule has 1 N–H and O–H groups in total. The van der Waals surface area contributed by atoms with Crippen LogP contribution >= 0.6 is 23.2 Å². The van der Waals surface area contributed by atoms with Crippen LogP contribution in [0.15, 0.2) is 15.9 Å². The lowest BCUT2D eigenvalue weighted by molar-refractivity contribution is 1.05. The quantitative estimate of drug-likeness (QED) is 0.638. The van der Waals surface area contributed by atoms with E-state index >= 15 is 0 Å². The summed E-state index contributed by atoms with van der Waals surface area (Å²) >= 11 is 11.4. The van der Waals surface area contributed by atoms with Gasteiger partial charge >= 0.3 is 0 Å². The molecule has 0 aromatic carbocycles. The Morgan fingerprint density at radius 1 is 1.50 bits per heavy atom. The zero-order valence-electron chi connectivity index (χ0n) is 5.90. The maximum atomic E-state index is 11.2. The number of rotatable bonds is 0. The summed E-state index contributed by atoms with van der Waals surface area (Å²) in [6.45, 7) is 0.348. The van der Waals surface area contributed by atoms with Gasteiger partial charge in [-0.25, -0.2) is 0 Å². The third-order valence-electron chi connectivity index (χ3n) is 1.70. The number of aliphatic imine (C=N–C) groups is 1. The zero-order valence-corrected chi connectivity index (χ0v) is 7.41. The van der Waals surface area contributed by atoms with Crippen LogP contribution in [-0.4, -0.2) is 10.2 Å².